The summed E-state index contributed by atoms with van der Waals surface area (Å²) in [6, 6.07) is -0.242. The second-order valence-corrected chi connectivity index (χ2v) is 5.50. The molecule has 122 valence electrons. The summed E-state index contributed by atoms with van der Waals surface area (Å²) in [5.41, 5.74) is 5.16. The Kier molecular flexibility index (Phi) is 5.15. The maximum absolute atomic E-state index is 11.9. The van der Waals surface area contributed by atoms with Crippen LogP contribution in [0.2, 0.25) is 0 Å². The Morgan fingerprint density at radius 3 is 2.91 bits per heavy atom. The van der Waals surface area contributed by atoms with Gasteiger partial charge < -0.3 is 15.8 Å². The molecule has 0 aromatic carbocycles. The monoisotopic (exact) mass is 310 g/mol. The summed E-state index contributed by atoms with van der Waals surface area (Å²) in [5.74, 6) is -0.0554. The van der Waals surface area contributed by atoms with Crippen molar-refractivity contribution < 1.29 is 9.53 Å². The Morgan fingerprint density at radius 2 is 2.27 bits per heavy atom. The number of ether oxygens (including phenoxy) is 1. The van der Waals surface area contributed by atoms with Gasteiger partial charge >= 0.3 is 5.69 Å². The molecule has 8 nitrogen and oxygen atoms in total. The van der Waals surface area contributed by atoms with E-state index in [4.69, 9.17) is 10.5 Å². The normalized spacial score (nSPS) is 24.4. The molecule has 4 N–H and O–H groups in total. The van der Waals surface area contributed by atoms with Crippen molar-refractivity contribution in [3.05, 3.63) is 32.6 Å². The molecule has 0 radical (unpaired) electrons. The Labute approximate surface area is 127 Å². The molecule has 0 saturated carbocycles. The van der Waals surface area contributed by atoms with E-state index >= 15 is 0 Å². The van der Waals surface area contributed by atoms with Gasteiger partial charge in [0.15, 0.2) is 0 Å². The molecular formula is C14H22N4O4. The number of carbonyl (C=O) groups excluding carboxylic acids is 1. The molecule has 3 atom stereocenters. The van der Waals surface area contributed by atoms with Crippen LogP contribution in [0.4, 0.5) is 0 Å². The van der Waals surface area contributed by atoms with Crippen molar-refractivity contribution in [2.45, 2.75) is 51.5 Å². The molecule has 2 rings (SSSR count). The minimum Gasteiger partial charge on any atom is -0.351 e. The van der Waals surface area contributed by atoms with Crippen LogP contribution in [0.25, 0.3) is 0 Å². The van der Waals surface area contributed by atoms with E-state index in [-0.39, 0.29) is 24.6 Å². The highest BCUT2D eigenvalue weighted by Gasteiger charge is 2.36. The van der Waals surface area contributed by atoms with E-state index in [0.29, 0.717) is 18.4 Å². The van der Waals surface area contributed by atoms with E-state index in [2.05, 4.69) is 10.3 Å². The number of H-pyrrole nitrogens is 1. The number of rotatable bonds is 5. The largest absolute Gasteiger partial charge is 0.351 e. The number of hydrogen-bond acceptors (Lipinski definition) is 5. The highest BCUT2D eigenvalue weighted by atomic mass is 16.5. The summed E-state index contributed by atoms with van der Waals surface area (Å²) in [7, 11) is 0. The lowest BCUT2D eigenvalue weighted by Gasteiger charge is -2.17. The van der Waals surface area contributed by atoms with E-state index < -0.39 is 17.5 Å². The molecular weight excluding hydrogens is 288 g/mol. The van der Waals surface area contributed by atoms with E-state index in [0.717, 1.165) is 6.42 Å². The van der Waals surface area contributed by atoms with Crippen LogP contribution in [0.3, 0.4) is 0 Å². The van der Waals surface area contributed by atoms with Crippen molar-refractivity contribution in [2.75, 3.05) is 6.54 Å². The minimum absolute atomic E-state index is 0.0554. The zero-order valence-corrected chi connectivity index (χ0v) is 12.8. The first kappa shape index (κ1) is 16.4. The minimum atomic E-state index is -0.552. The van der Waals surface area contributed by atoms with Gasteiger partial charge in [-0.1, -0.05) is 6.92 Å². The van der Waals surface area contributed by atoms with Crippen LogP contribution in [0.15, 0.2) is 15.8 Å². The Hall–Kier alpha value is -1.93. The fourth-order valence-electron chi connectivity index (χ4n) is 2.58. The van der Waals surface area contributed by atoms with Crippen LogP contribution in [-0.2, 0) is 9.53 Å². The molecule has 8 heteroatoms. The number of nitrogens with zero attached hydrogens (tertiary/aromatic N) is 1. The van der Waals surface area contributed by atoms with Crippen LogP contribution >= 0.6 is 0 Å². The second-order valence-electron chi connectivity index (χ2n) is 5.50. The molecule has 0 aliphatic carbocycles. The van der Waals surface area contributed by atoms with Crippen LogP contribution in [-0.4, -0.2) is 34.1 Å². The number of carbonyl (C=O) groups is 1. The summed E-state index contributed by atoms with van der Waals surface area (Å²) in [6.07, 6.45) is 2.19. The van der Waals surface area contributed by atoms with Gasteiger partial charge in [0.25, 0.3) is 5.56 Å². The molecule has 0 bridgehead atoms. The van der Waals surface area contributed by atoms with Crippen molar-refractivity contribution >= 4 is 5.91 Å². The number of hydrogen-bond donors (Lipinski definition) is 3. The Morgan fingerprint density at radius 1 is 1.55 bits per heavy atom. The lowest BCUT2D eigenvalue weighted by atomic mass is 10.1. The van der Waals surface area contributed by atoms with E-state index in [1.807, 2.05) is 6.92 Å². The predicted molar refractivity (Wildman–Crippen MR) is 80.5 cm³/mol. The van der Waals surface area contributed by atoms with Gasteiger partial charge in [-0.3, -0.25) is 19.1 Å². The average molecular weight is 310 g/mol. The van der Waals surface area contributed by atoms with Gasteiger partial charge in [-0.25, -0.2) is 4.79 Å². The molecule has 1 saturated heterocycles. The van der Waals surface area contributed by atoms with Gasteiger partial charge in [0.05, 0.1) is 12.1 Å². The summed E-state index contributed by atoms with van der Waals surface area (Å²) in [4.78, 5) is 37.3. The maximum Gasteiger partial charge on any atom is 0.330 e. The number of nitrogens with one attached hydrogen (secondary N) is 2. The third-order valence-electron chi connectivity index (χ3n) is 3.75. The maximum atomic E-state index is 11.9. The lowest BCUT2D eigenvalue weighted by Crippen LogP contribution is -2.43. The van der Waals surface area contributed by atoms with E-state index in [1.165, 1.54) is 10.8 Å². The standard InChI is InChI=1S/C14H22N4O4/c1-3-4-11(19)16-9-5-12(22-10(9)6-15)18-7-8(2)13(20)17-14(18)21/h7,9-10,12H,3-6,15H2,1-2H3,(H,16,19)(H,17,20,21)/t9-,10+,12+/m0/s1. The smallest absolute Gasteiger partial charge is 0.330 e. The van der Waals surface area contributed by atoms with Gasteiger partial charge in [-0.2, -0.15) is 0 Å². The quantitative estimate of drug-likeness (QED) is 0.669. The highest BCUT2D eigenvalue weighted by Crippen LogP contribution is 2.27. The Balaban J connectivity index is 2.18. The van der Waals surface area contributed by atoms with Gasteiger partial charge in [0, 0.05) is 31.1 Å². The third-order valence-corrected chi connectivity index (χ3v) is 3.75. The fourth-order valence-corrected chi connectivity index (χ4v) is 2.58. The Bertz CT molecular complexity index is 651. The molecule has 1 aromatic heterocycles. The van der Waals surface area contributed by atoms with Crippen LogP contribution < -0.4 is 22.3 Å². The number of aromatic nitrogens is 2. The number of amides is 1. The third kappa shape index (κ3) is 3.45. The molecule has 1 amide bonds. The first-order chi connectivity index (χ1) is 10.5. The molecule has 1 fully saturated rings. The molecule has 22 heavy (non-hydrogen) atoms. The summed E-state index contributed by atoms with van der Waals surface area (Å²) in [5, 5.41) is 2.89. The first-order valence-electron chi connectivity index (χ1n) is 7.43. The number of nitrogens with two attached hydrogens (primary N) is 1. The van der Waals surface area contributed by atoms with Crippen molar-refractivity contribution in [2.24, 2.45) is 5.73 Å². The first-order valence-corrected chi connectivity index (χ1v) is 7.43. The topological polar surface area (TPSA) is 119 Å². The molecule has 0 unspecified atom stereocenters. The van der Waals surface area contributed by atoms with Crippen molar-refractivity contribution in [1.82, 2.24) is 14.9 Å². The van der Waals surface area contributed by atoms with E-state index in [1.54, 1.807) is 6.92 Å². The molecule has 2 heterocycles. The fraction of sp³-hybridized carbons (Fsp3) is 0.643. The van der Waals surface area contributed by atoms with Gasteiger partial charge in [0.2, 0.25) is 5.91 Å². The second kappa shape index (κ2) is 6.89. The number of aromatic amines is 1. The molecule has 0 spiro atoms. The average Bonchev–Trinajstić information content (AvgIpc) is 2.85. The van der Waals surface area contributed by atoms with Gasteiger partial charge in [0.1, 0.15) is 6.23 Å². The summed E-state index contributed by atoms with van der Waals surface area (Å²) < 4.78 is 7.10. The van der Waals surface area contributed by atoms with Gasteiger partial charge in [-0.15, -0.1) is 0 Å². The highest BCUT2D eigenvalue weighted by molar-refractivity contribution is 5.76. The SMILES string of the molecule is CCCC(=O)N[C@H]1C[C@H](n2cc(C)c(=O)[nH]c2=O)O[C@@H]1CN. The molecule has 1 aliphatic heterocycles. The van der Waals surface area contributed by atoms with E-state index in [9.17, 15) is 14.4 Å². The summed E-state index contributed by atoms with van der Waals surface area (Å²) in [6.45, 7) is 3.78. The van der Waals surface area contributed by atoms with Crippen LogP contribution in [0.1, 0.15) is 38.0 Å². The van der Waals surface area contributed by atoms with Crippen molar-refractivity contribution in [3.8, 4) is 0 Å². The lowest BCUT2D eigenvalue weighted by molar-refractivity contribution is -0.122. The molecule has 1 aliphatic rings. The predicted octanol–water partition coefficient (Wildman–Crippen LogP) is -0.624. The van der Waals surface area contributed by atoms with Gasteiger partial charge in [-0.05, 0) is 13.3 Å². The zero-order valence-electron chi connectivity index (χ0n) is 12.8. The van der Waals surface area contributed by atoms with Crippen LogP contribution in [0.5, 0.6) is 0 Å². The zero-order chi connectivity index (χ0) is 16.3. The number of aryl methyl sites for hydroxylation is 1. The van der Waals surface area contributed by atoms with Crippen molar-refractivity contribution in [3.63, 3.8) is 0 Å². The van der Waals surface area contributed by atoms with Crippen molar-refractivity contribution in [1.29, 1.82) is 0 Å². The summed E-state index contributed by atoms with van der Waals surface area (Å²) >= 11 is 0. The molecule has 1 aromatic rings. The van der Waals surface area contributed by atoms with Crippen LogP contribution in [0, 0.1) is 6.92 Å².